The molecule has 0 radical (unpaired) electrons. The number of rotatable bonds is 4. The molecule has 2 aliphatic heterocycles. The van der Waals surface area contributed by atoms with Gasteiger partial charge in [-0.3, -0.25) is 4.90 Å². The Kier molecular flexibility index (Phi) is 5.28. The van der Waals surface area contributed by atoms with E-state index in [0.29, 0.717) is 0 Å². The highest BCUT2D eigenvalue weighted by molar-refractivity contribution is 5.14. The van der Waals surface area contributed by atoms with E-state index < -0.39 is 0 Å². The highest BCUT2D eigenvalue weighted by atomic mass is 15.3. The van der Waals surface area contributed by atoms with Gasteiger partial charge in [-0.15, -0.1) is 0 Å². The van der Waals surface area contributed by atoms with E-state index in [-0.39, 0.29) is 0 Å². The van der Waals surface area contributed by atoms with Crippen molar-refractivity contribution in [2.24, 2.45) is 0 Å². The molecule has 0 N–H and O–H groups in total. The standard InChI is InChI=1S/C18H29N3/c1-19-13-15-21(16-14-19)18-8-11-20(12-9-18)10-7-17-5-3-2-4-6-17/h2-6,18H,7-16H2,1H3. The predicted molar refractivity (Wildman–Crippen MR) is 88.7 cm³/mol. The zero-order chi connectivity index (χ0) is 14.5. The maximum Gasteiger partial charge on any atom is 0.0121 e. The van der Waals surface area contributed by atoms with Gasteiger partial charge in [-0.1, -0.05) is 30.3 Å². The lowest BCUT2D eigenvalue weighted by molar-refractivity contribution is 0.0681. The first kappa shape index (κ1) is 15.0. The van der Waals surface area contributed by atoms with Gasteiger partial charge in [0.1, 0.15) is 0 Å². The molecule has 0 aromatic heterocycles. The minimum absolute atomic E-state index is 0.840. The number of piperazine rings is 1. The normalized spacial score (nSPS) is 23.5. The summed E-state index contributed by atoms with van der Waals surface area (Å²) in [5.74, 6) is 0. The fourth-order valence-electron chi connectivity index (χ4n) is 3.63. The van der Waals surface area contributed by atoms with E-state index in [1.54, 1.807) is 0 Å². The molecule has 116 valence electrons. The van der Waals surface area contributed by atoms with Gasteiger partial charge in [-0.05, 0) is 45.0 Å². The molecule has 2 heterocycles. The first-order valence-corrected chi connectivity index (χ1v) is 8.50. The van der Waals surface area contributed by atoms with Crippen LogP contribution in [0.5, 0.6) is 0 Å². The number of likely N-dealkylation sites (tertiary alicyclic amines) is 1. The van der Waals surface area contributed by atoms with Gasteiger partial charge >= 0.3 is 0 Å². The fraction of sp³-hybridized carbons (Fsp3) is 0.667. The SMILES string of the molecule is CN1CCN(C2CCN(CCc3ccccc3)CC2)CC1. The van der Waals surface area contributed by atoms with Crippen molar-refractivity contribution in [2.75, 3.05) is 52.9 Å². The second-order valence-electron chi connectivity index (χ2n) is 6.65. The minimum atomic E-state index is 0.840. The molecule has 3 rings (SSSR count). The first-order valence-electron chi connectivity index (χ1n) is 8.50. The predicted octanol–water partition coefficient (Wildman–Crippen LogP) is 1.94. The van der Waals surface area contributed by atoms with Gasteiger partial charge in [0.05, 0.1) is 0 Å². The fourth-order valence-corrected chi connectivity index (χ4v) is 3.63. The van der Waals surface area contributed by atoms with Crippen molar-refractivity contribution in [3.8, 4) is 0 Å². The van der Waals surface area contributed by atoms with Crippen molar-refractivity contribution < 1.29 is 0 Å². The van der Waals surface area contributed by atoms with Crippen molar-refractivity contribution in [1.82, 2.24) is 14.7 Å². The zero-order valence-electron chi connectivity index (χ0n) is 13.4. The summed E-state index contributed by atoms with van der Waals surface area (Å²) in [6, 6.07) is 11.7. The van der Waals surface area contributed by atoms with Gasteiger partial charge < -0.3 is 9.80 Å². The lowest BCUT2D eigenvalue weighted by Crippen LogP contribution is -2.52. The molecule has 0 bridgehead atoms. The third-order valence-corrected chi connectivity index (χ3v) is 5.17. The van der Waals surface area contributed by atoms with Crippen molar-refractivity contribution in [3.63, 3.8) is 0 Å². The summed E-state index contributed by atoms with van der Waals surface area (Å²) in [5, 5.41) is 0. The topological polar surface area (TPSA) is 9.72 Å². The van der Waals surface area contributed by atoms with Crippen LogP contribution in [0.15, 0.2) is 30.3 Å². The Morgan fingerprint density at radius 3 is 2.24 bits per heavy atom. The molecule has 0 amide bonds. The van der Waals surface area contributed by atoms with Crippen molar-refractivity contribution in [3.05, 3.63) is 35.9 Å². The molecular formula is C18H29N3. The maximum atomic E-state index is 2.73. The zero-order valence-corrected chi connectivity index (χ0v) is 13.4. The third kappa shape index (κ3) is 4.29. The van der Waals surface area contributed by atoms with E-state index in [2.05, 4.69) is 52.1 Å². The van der Waals surface area contributed by atoms with E-state index in [1.165, 1.54) is 70.6 Å². The van der Waals surface area contributed by atoms with E-state index in [4.69, 9.17) is 0 Å². The van der Waals surface area contributed by atoms with Crippen LogP contribution in [0.3, 0.4) is 0 Å². The number of nitrogens with zero attached hydrogens (tertiary/aromatic N) is 3. The quantitative estimate of drug-likeness (QED) is 0.838. The molecule has 0 aliphatic carbocycles. The summed E-state index contributed by atoms with van der Waals surface area (Å²) in [5.41, 5.74) is 1.47. The lowest BCUT2D eigenvalue weighted by atomic mass is 10.0. The first-order chi connectivity index (χ1) is 10.3. The molecule has 1 aromatic carbocycles. The number of hydrogen-bond acceptors (Lipinski definition) is 3. The van der Waals surface area contributed by atoms with Gasteiger partial charge in [0.15, 0.2) is 0 Å². The van der Waals surface area contributed by atoms with Crippen LogP contribution in [0.1, 0.15) is 18.4 Å². The molecule has 0 unspecified atom stereocenters. The summed E-state index contributed by atoms with van der Waals surface area (Å²) in [4.78, 5) is 7.83. The van der Waals surface area contributed by atoms with Crippen LogP contribution in [0.2, 0.25) is 0 Å². The van der Waals surface area contributed by atoms with Gasteiger partial charge in [0, 0.05) is 38.8 Å². The van der Waals surface area contributed by atoms with E-state index in [0.717, 1.165) is 6.04 Å². The summed E-state index contributed by atoms with van der Waals surface area (Å²) < 4.78 is 0. The van der Waals surface area contributed by atoms with Gasteiger partial charge in [-0.25, -0.2) is 0 Å². The average Bonchev–Trinajstić information content (AvgIpc) is 2.55. The number of likely N-dealkylation sites (N-methyl/N-ethyl adjacent to an activating group) is 1. The number of hydrogen-bond donors (Lipinski definition) is 0. The molecule has 2 aliphatic rings. The summed E-state index contributed by atoms with van der Waals surface area (Å²) in [6.45, 7) is 8.81. The maximum absolute atomic E-state index is 2.73. The summed E-state index contributed by atoms with van der Waals surface area (Å²) >= 11 is 0. The highest BCUT2D eigenvalue weighted by Crippen LogP contribution is 2.18. The Labute approximate surface area is 129 Å². The largest absolute Gasteiger partial charge is 0.304 e. The van der Waals surface area contributed by atoms with E-state index >= 15 is 0 Å². The Hall–Kier alpha value is -0.900. The Morgan fingerprint density at radius 1 is 0.905 bits per heavy atom. The Balaban J connectivity index is 1.39. The monoisotopic (exact) mass is 287 g/mol. The van der Waals surface area contributed by atoms with Crippen LogP contribution < -0.4 is 0 Å². The highest BCUT2D eigenvalue weighted by Gasteiger charge is 2.26. The van der Waals surface area contributed by atoms with Crippen LogP contribution in [-0.2, 0) is 6.42 Å². The van der Waals surface area contributed by atoms with Crippen LogP contribution in [0.4, 0.5) is 0 Å². The molecule has 0 spiro atoms. The minimum Gasteiger partial charge on any atom is -0.304 e. The molecular weight excluding hydrogens is 258 g/mol. The lowest BCUT2D eigenvalue weighted by Gasteiger charge is -2.42. The van der Waals surface area contributed by atoms with Crippen LogP contribution >= 0.6 is 0 Å². The van der Waals surface area contributed by atoms with Crippen LogP contribution in [-0.4, -0.2) is 73.6 Å². The van der Waals surface area contributed by atoms with Crippen molar-refractivity contribution in [1.29, 1.82) is 0 Å². The van der Waals surface area contributed by atoms with Crippen LogP contribution in [0.25, 0.3) is 0 Å². The Bertz CT molecular complexity index is 404. The molecule has 3 heteroatoms. The molecule has 3 nitrogen and oxygen atoms in total. The molecule has 0 atom stereocenters. The summed E-state index contributed by atoms with van der Waals surface area (Å²) in [7, 11) is 2.24. The Morgan fingerprint density at radius 2 is 1.57 bits per heavy atom. The smallest absolute Gasteiger partial charge is 0.0121 e. The molecule has 0 saturated carbocycles. The second-order valence-corrected chi connectivity index (χ2v) is 6.65. The van der Waals surface area contributed by atoms with Gasteiger partial charge in [0.2, 0.25) is 0 Å². The average molecular weight is 287 g/mol. The van der Waals surface area contributed by atoms with Crippen molar-refractivity contribution >= 4 is 0 Å². The van der Waals surface area contributed by atoms with Gasteiger partial charge in [-0.2, -0.15) is 0 Å². The molecule has 2 saturated heterocycles. The molecule has 21 heavy (non-hydrogen) atoms. The molecule has 1 aromatic rings. The third-order valence-electron chi connectivity index (χ3n) is 5.17. The number of benzene rings is 1. The summed E-state index contributed by atoms with van der Waals surface area (Å²) in [6.07, 6.45) is 3.91. The van der Waals surface area contributed by atoms with Crippen LogP contribution in [0, 0.1) is 0 Å². The second kappa shape index (κ2) is 7.39. The van der Waals surface area contributed by atoms with Gasteiger partial charge in [0.25, 0.3) is 0 Å². The van der Waals surface area contributed by atoms with Crippen molar-refractivity contribution in [2.45, 2.75) is 25.3 Å². The van der Waals surface area contributed by atoms with E-state index in [9.17, 15) is 0 Å². The number of piperidine rings is 1. The van der Waals surface area contributed by atoms with E-state index in [1.807, 2.05) is 0 Å². The molecule has 2 fully saturated rings.